The van der Waals surface area contributed by atoms with Crippen LogP contribution in [-0.4, -0.2) is 13.4 Å². The molecule has 112 valence electrons. The predicted octanol–water partition coefficient (Wildman–Crippen LogP) is 3.62. The Kier molecular flexibility index (Phi) is 3.81. The van der Waals surface area contributed by atoms with E-state index >= 15 is 0 Å². The number of hydrogen-bond acceptors (Lipinski definition) is 4. The maximum atomic E-state index is 12.7. The third-order valence-corrected chi connectivity index (χ3v) is 4.81. The van der Waals surface area contributed by atoms with Crippen molar-refractivity contribution in [3.63, 3.8) is 0 Å². The largest absolute Gasteiger partial charge is 0.440 e. The van der Waals surface area contributed by atoms with Gasteiger partial charge in [0.15, 0.2) is 11.7 Å². The normalized spacial score (nSPS) is 11.5. The van der Waals surface area contributed by atoms with Crippen LogP contribution in [0.4, 0.5) is 0 Å². The van der Waals surface area contributed by atoms with Crippen LogP contribution >= 0.6 is 0 Å². The summed E-state index contributed by atoms with van der Waals surface area (Å²) in [7, 11) is -3.58. The Bertz CT molecular complexity index is 869. The highest BCUT2D eigenvalue weighted by Gasteiger charge is 2.26. The van der Waals surface area contributed by atoms with E-state index in [1.165, 1.54) is 0 Å². The molecular formula is C17H15NO3S. The Morgan fingerprint density at radius 1 is 0.955 bits per heavy atom. The summed E-state index contributed by atoms with van der Waals surface area (Å²) in [4.78, 5) is 4.10. The minimum atomic E-state index is -3.58. The smallest absolute Gasteiger partial charge is 0.203 e. The molecule has 0 aliphatic heterocycles. The molecule has 0 saturated carbocycles. The Hall–Kier alpha value is -2.40. The maximum Gasteiger partial charge on any atom is 0.203 e. The highest BCUT2D eigenvalue weighted by molar-refractivity contribution is 7.90. The molecule has 0 aliphatic rings. The van der Waals surface area contributed by atoms with E-state index in [2.05, 4.69) is 4.98 Å². The van der Waals surface area contributed by atoms with Crippen molar-refractivity contribution in [3.8, 4) is 11.3 Å². The summed E-state index contributed by atoms with van der Waals surface area (Å²) in [6, 6.07) is 18.2. The first-order valence-electron chi connectivity index (χ1n) is 6.86. The lowest BCUT2D eigenvalue weighted by molar-refractivity contribution is 0.533. The van der Waals surface area contributed by atoms with Gasteiger partial charge >= 0.3 is 0 Å². The Balaban J connectivity index is 2.05. The zero-order valence-electron chi connectivity index (χ0n) is 12.1. The van der Waals surface area contributed by atoms with Crippen LogP contribution in [-0.2, 0) is 15.6 Å². The summed E-state index contributed by atoms with van der Waals surface area (Å²) in [6.07, 6.45) is 0. The molecule has 0 bridgehead atoms. The molecule has 0 aliphatic carbocycles. The summed E-state index contributed by atoms with van der Waals surface area (Å²) >= 11 is 0. The van der Waals surface area contributed by atoms with Gasteiger partial charge in [-0.25, -0.2) is 13.4 Å². The standard InChI is InChI=1S/C17H15NO3S/c1-13-18-17(16(21-13)15-10-6-3-7-11-15)22(19,20)12-14-8-4-2-5-9-14/h2-11H,12H2,1H3. The maximum absolute atomic E-state index is 12.7. The lowest BCUT2D eigenvalue weighted by Crippen LogP contribution is -2.06. The molecule has 0 fully saturated rings. The van der Waals surface area contributed by atoms with Gasteiger partial charge in [-0.15, -0.1) is 0 Å². The topological polar surface area (TPSA) is 60.2 Å². The molecule has 1 aromatic heterocycles. The van der Waals surface area contributed by atoms with E-state index in [4.69, 9.17) is 4.42 Å². The molecule has 0 N–H and O–H groups in total. The van der Waals surface area contributed by atoms with Crippen molar-refractivity contribution in [1.29, 1.82) is 0 Å². The second-order valence-electron chi connectivity index (χ2n) is 4.98. The van der Waals surface area contributed by atoms with Crippen molar-refractivity contribution >= 4 is 9.84 Å². The van der Waals surface area contributed by atoms with Crippen LogP contribution in [0.1, 0.15) is 11.5 Å². The van der Waals surface area contributed by atoms with Gasteiger partial charge in [0, 0.05) is 12.5 Å². The summed E-state index contributed by atoms with van der Waals surface area (Å²) in [5, 5.41) is 0.0000491. The van der Waals surface area contributed by atoms with Crippen LogP contribution in [0, 0.1) is 6.92 Å². The molecular weight excluding hydrogens is 298 g/mol. The van der Waals surface area contributed by atoms with Crippen molar-refractivity contribution in [1.82, 2.24) is 4.98 Å². The number of nitrogens with zero attached hydrogens (tertiary/aromatic N) is 1. The molecule has 0 unspecified atom stereocenters. The van der Waals surface area contributed by atoms with E-state index < -0.39 is 9.84 Å². The molecule has 0 radical (unpaired) electrons. The van der Waals surface area contributed by atoms with E-state index in [9.17, 15) is 8.42 Å². The molecule has 3 rings (SSSR count). The van der Waals surface area contributed by atoms with Gasteiger partial charge < -0.3 is 4.42 Å². The number of benzene rings is 2. The minimum Gasteiger partial charge on any atom is -0.440 e. The minimum absolute atomic E-state index is 0.0000491. The van der Waals surface area contributed by atoms with Crippen LogP contribution in [0.5, 0.6) is 0 Å². The Labute approximate surface area is 129 Å². The molecule has 0 spiro atoms. The lowest BCUT2D eigenvalue weighted by atomic mass is 10.2. The van der Waals surface area contributed by atoms with Crippen molar-refractivity contribution in [2.24, 2.45) is 0 Å². The van der Waals surface area contributed by atoms with Crippen LogP contribution in [0.2, 0.25) is 0 Å². The SMILES string of the molecule is Cc1nc(S(=O)(=O)Cc2ccccc2)c(-c2ccccc2)o1. The first-order chi connectivity index (χ1) is 10.6. The zero-order valence-corrected chi connectivity index (χ0v) is 12.9. The number of rotatable bonds is 4. The highest BCUT2D eigenvalue weighted by Crippen LogP contribution is 2.29. The summed E-state index contributed by atoms with van der Waals surface area (Å²) in [6.45, 7) is 1.65. The average Bonchev–Trinajstić information content (AvgIpc) is 2.92. The third-order valence-electron chi connectivity index (χ3n) is 3.23. The molecule has 22 heavy (non-hydrogen) atoms. The quantitative estimate of drug-likeness (QED) is 0.738. The molecule has 5 heteroatoms. The van der Waals surface area contributed by atoms with Gasteiger partial charge in [0.1, 0.15) is 0 Å². The monoisotopic (exact) mass is 313 g/mol. The van der Waals surface area contributed by atoms with Crippen molar-refractivity contribution in [2.45, 2.75) is 17.7 Å². The highest BCUT2D eigenvalue weighted by atomic mass is 32.2. The molecule has 4 nitrogen and oxygen atoms in total. The van der Waals surface area contributed by atoms with Crippen LogP contribution in [0.15, 0.2) is 70.1 Å². The molecule has 0 atom stereocenters. The fourth-order valence-corrected chi connectivity index (χ4v) is 3.73. The average molecular weight is 313 g/mol. The molecule has 1 heterocycles. The molecule has 0 amide bonds. The van der Waals surface area contributed by atoms with Gasteiger partial charge in [-0.3, -0.25) is 0 Å². The predicted molar refractivity (Wildman–Crippen MR) is 84.0 cm³/mol. The fourth-order valence-electron chi connectivity index (χ4n) is 2.25. The summed E-state index contributed by atoms with van der Waals surface area (Å²) < 4.78 is 30.9. The van der Waals surface area contributed by atoms with E-state index in [-0.39, 0.29) is 10.8 Å². The molecule has 2 aromatic carbocycles. The van der Waals surface area contributed by atoms with Crippen LogP contribution < -0.4 is 0 Å². The second-order valence-corrected chi connectivity index (χ2v) is 6.88. The Morgan fingerprint density at radius 3 is 2.18 bits per heavy atom. The molecule has 3 aromatic rings. The summed E-state index contributed by atoms with van der Waals surface area (Å²) in [5.74, 6) is 0.541. The number of oxazole rings is 1. The van der Waals surface area contributed by atoms with E-state index in [1.807, 2.05) is 48.5 Å². The van der Waals surface area contributed by atoms with Gasteiger partial charge in [0.25, 0.3) is 0 Å². The van der Waals surface area contributed by atoms with E-state index in [1.54, 1.807) is 19.1 Å². The number of hydrogen-bond donors (Lipinski definition) is 0. The van der Waals surface area contributed by atoms with Gasteiger partial charge in [-0.1, -0.05) is 60.7 Å². The Morgan fingerprint density at radius 2 is 1.55 bits per heavy atom. The van der Waals surface area contributed by atoms with Gasteiger partial charge in [-0.2, -0.15) is 0 Å². The van der Waals surface area contributed by atoms with Crippen molar-refractivity contribution in [3.05, 3.63) is 72.1 Å². The van der Waals surface area contributed by atoms with Crippen LogP contribution in [0.3, 0.4) is 0 Å². The molecule has 0 saturated heterocycles. The number of sulfone groups is 1. The van der Waals surface area contributed by atoms with E-state index in [0.29, 0.717) is 17.2 Å². The van der Waals surface area contributed by atoms with Crippen molar-refractivity contribution < 1.29 is 12.8 Å². The lowest BCUT2D eigenvalue weighted by Gasteiger charge is -2.04. The van der Waals surface area contributed by atoms with E-state index in [0.717, 1.165) is 5.56 Å². The first kappa shape index (κ1) is 14.5. The summed E-state index contributed by atoms with van der Waals surface area (Å²) in [5.41, 5.74) is 1.43. The van der Waals surface area contributed by atoms with Gasteiger partial charge in [-0.05, 0) is 5.56 Å². The van der Waals surface area contributed by atoms with Crippen LogP contribution in [0.25, 0.3) is 11.3 Å². The zero-order chi connectivity index (χ0) is 15.6. The second kappa shape index (κ2) is 5.77. The first-order valence-corrected chi connectivity index (χ1v) is 8.51. The van der Waals surface area contributed by atoms with Gasteiger partial charge in [0.2, 0.25) is 14.9 Å². The van der Waals surface area contributed by atoms with Crippen molar-refractivity contribution in [2.75, 3.05) is 0 Å². The van der Waals surface area contributed by atoms with Gasteiger partial charge in [0.05, 0.1) is 5.75 Å². The third kappa shape index (κ3) is 2.94. The number of aryl methyl sites for hydroxylation is 1. The fraction of sp³-hybridized carbons (Fsp3) is 0.118. The number of aromatic nitrogens is 1.